The van der Waals surface area contributed by atoms with Gasteiger partial charge in [0.25, 0.3) is 0 Å². The molecule has 0 aliphatic carbocycles. The van der Waals surface area contributed by atoms with Gasteiger partial charge in [0.1, 0.15) is 37.1 Å². The average molecular weight is 1150 g/mol. The first-order valence-corrected chi connectivity index (χ1v) is 28.0. The van der Waals surface area contributed by atoms with Crippen molar-refractivity contribution >= 4 is 52.3 Å². The molecule has 0 unspecified atom stereocenters. The number of aromatic nitrogens is 4. The van der Waals surface area contributed by atoms with E-state index in [1.165, 1.54) is 0 Å². The number of hydrogen-bond donors (Lipinski definition) is 3. The van der Waals surface area contributed by atoms with E-state index in [4.69, 9.17) is 66.8 Å². The number of nitrogens with zero attached hydrogens (tertiary/aromatic N) is 2. The number of methoxy groups -OCH3 is 3. The van der Waals surface area contributed by atoms with Crippen molar-refractivity contribution in [2.75, 3.05) is 140 Å². The van der Waals surface area contributed by atoms with E-state index >= 15 is 0 Å². The molecule has 440 valence electrons. The Bertz CT molecular complexity index is 3370. The largest absolute Gasteiger partial charge is 0.491 e. The number of H-pyrrole nitrogens is 2. The van der Waals surface area contributed by atoms with E-state index in [1.807, 2.05) is 121 Å². The molecule has 0 saturated heterocycles. The summed E-state index contributed by atoms with van der Waals surface area (Å²) >= 11 is 0. The fraction of sp³-hybridized carbons (Fsp3) is 0.318. The van der Waals surface area contributed by atoms with Gasteiger partial charge in [-0.2, -0.15) is 0 Å². The molecular formula is C66H72N4O14. The number of fused-ring (bicyclic) bond motifs is 8. The van der Waals surface area contributed by atoms with Crippen molar-refractivity contribution in [1.29, 1.82) is 0 Å². The molecule has 9 rings (SSSR count). The number of carbonyl (C=O) groups is 1. The summed E-state index contributed by atoms with van der Waals surface area (Å²) in [7, 11) is 4.93. The van der Waals surface area contributed by atoms with Gasteiger partial charge in [0.2, 0.25) is 0 Å². The predicted octanol–water partition coefficient (Wildman–Crippen LogP) is 11.2. The Morgan fingerprint density at radius 1 is 0.333 bits per heavy atom. The standard InChI is InChI=1S/C66H72N4O14/c1-73-28-31-76-34-37-79-40-43-82-51-14-8-47(9-15-51)63-56-22-20-54(67-56)62(46-4-6-50(7-5-46)66(71)72)55-21-23-57(68-55)64(48-10-16-52(17-11-48)83-44-41-80-38-35-77-32-29-74-2)59-25-27-61(70-59)65(60-26-24-58(63)69-60)49-12-18-53(19-13-49)84-45-42-81-39-36-78-33-30-75-3/h4-27,67,70H,28-45H2,1-3H3,(H,71,72). The molecule has 0 spiro atoms. The second kappa shape index (κ2) is 32.2. The zero-order chi connectivity index (χ0) is 58.1. The Balaban J connectivity index is 1.12. The van der Waals surface area contributed by atoms with E-state index in [9.17, 15) is 9.90 Å². The van der Waals surface area contributed by atoms with Crippen molar-refractivity contribution in [3.63, 3.8) is 0 Å². The van der Waals surface area contributed by atoms with Gasteiger partial charge in [0, 0.05) is 65.7 Å². The molecule has 84 heavy (non-hydrogen) atoms. The van der Waals surface area contributed by atoms with Crippen LogP contribution in [0, 0.1) is 0 Å². The molecule has 0 saturated carbocycles. The molecule has 2 aliphatic rings. The second-order valence-corrected chi connectivity index (χ2v) is 19.2. The summed E-state index contributed by atoms with van der Waals surface area (Å²) in [6, 6.07) is 39.0. The number of aromatic amines is 2. The molecule has 2 aliphatic heterocycles. The molecule has 3 aromatic heterocycles. The van der Waals surface area contributed by atoms with Gasteiger partial charge in [-0.15, -0.1) is 0 Å². The maximum Gasteiger partial charge on any atom is 0.335 e. The number of hydrogen-bond acceptors (Lipinski definition) is 15. The van der Waals surface area contributed by atoms with Crippen LogP contribution in [0.1, 0.15) is 33.1 Å². The first kappa shape index (κ1) is 60.6. The Labute approximate surface area is 488 Å². The fourth-order valence-electron chi connectivity index (χ4n) is 9.40. The highest BCUT2D eigenvalue weighted by atomic mass is 16.6. The monoisotopic (exact) mass is 1140 g/mol. The number of rotatable bonds is 35. The summed E-state index contributed by atoms with van der Waals surface area (Å²) in [6.07, 6.45) is 8.10. The molecule has 18 nitrogen and oxygen atoms in total. The van der Waals surface area contributed by atoms with Crippen molar-refractivity contribution in [2.24, 2.45) is 0 Å². The number of carboxylic acid groups (broad SMARTS) is 1. The van der Waals surface area contributed by atoms with E-state index in [-0.39, 0.29) is 5.56 Å². The highest BCUT2D eigenvalue weighted by molar-refractivity contribution is 6.00. The third-order valence-electron chi connectivity index (χ3n) is 13.5. The van der Waals surface area contributed by atoms with E-state index in [0.717, 1.165) is 78.0 Å². The summed E-state index contributed by atoms with van der Waals surface area (Å²) in [5.41, 5.74) is 13.0. The number of aromatic carboxylic acids is 1. The molecular weight excluding hydrogens is 1070 g/mol. The normalized spacial score (nSPS) is 11.8. The van der Waals surface area contributed by atoms with Crippen LogP contribution in [-0.2, 0) is 42.6 Å². The lowest BCUT2D eigenvalue weighted by atomic mass is 10.0. The van der Waals surface area contributed by atoms with E-state index in [2.05, 4.69) is 22.1 Å². The Hall–Kier alpha value is -8.01. The molecule has 0 fully saturated rings. The van der Waals surface area contributed by atoms with Gasteiger partial charge in [-0.3, -0.25) is 0 Å². The van der Waals surface area contributed by atoms with Crippen LogP contribution in [0.15, 0.2) is 121 Å². The van der Waals surface area contributed by atoms with Crippen LogP contribution in [0.25, 0.3) is 90.9 Å². The van der Waals surface area contributed by atoms with Crippen LogP contribution in [0.5, 0.6) is 17.2 Å². The zero-order valence-electron chi connectivity index (χ0n) is 47.7. The molecule has 0 atom stereocenters. The lowest BCUT2D eigenvalue weighted by Crippen LogP contribution is -2.12. The quantitative estimate of drug-likeness (QED) is 0.0316. The van der Waals surface area contributed by atoms with E-state index < -0.39 is 5.97 Å². The lowest BCUT2D eigenvalue weighted by Gasteiger charge is -2.10. The fourth-order valence-corrected chi connectivity index (χ4v) is 9.40. The lowest BCUT2D eigenvalue weighted by molar-refractivity contribution is 0.0180. The summed E-state index contributed by atoms with van der Waals surface area (Å²) in [5, 5.41) is 9.91. The molecule has 8 bridgehead atoms. The highest BCUT2D eigenvalue weighted by Gasteiger charge is 2.20. The van der Waals surface area contributed by atoms with Crippen LogP contribution in [0.2, 0.25) is 0 Å². The van der Waals surface area contributed by atoms with Crippen LogP contribution < -0.4 is 14.2 Å². The smallest absolute Gasteiger partial charge is 0.335 e. The minimum Gasteiger partial charge on any atom is -0.491 e. The molecule has 5 heterocycles. The van der Waals surface area contributed by atoms with Gasteiger partial charge in [-0.1, -0.05) is 48.5 Å². The summed E-state index contributed by atoms with van der Waals surface area (Å²) in [4.78, 5) is 30.6. The molecule has 0 amide bonds. The van der Waals surface area contributed by atoms with Crippen LogP contribution >= 0.6 is 0 Å². The Kier molecular flexibility index (Phi) is 23.2. The summed E-state index contributed by atoms with van der Waals surface area (Å²) < 4.78 is 67.2. The van der Waals surface area contributed by atoms with Gasteiger partial charge < -0.3 is 71.9 Å². The van der Waals surface area contributed by atoms with E-state index in [0.29, 0.717) is 148 Å². The van der Waals surface area contributed by atoms with Gasteiger partial charge in [0.05, 0.1) is 127 Å². The van der Waals surface area contributed by atoms with Crippen LogP contribution in [0.3, 0.4) is 0 Å². The Morgan fingerprint density at radius 2 is 0.571 bits per heavy atom. The van der Waals surface area contributed by atoms with Crippen LogP contribution in [0.4, 0.5) is 0 Å². The van der Waals surface area contributed by atoms with Gasteiger partial charge in [0.15, 0.2) is 0 Å². The molecule has 0 radical (unpaired) electrons. The minimum absolute atomic E-state index is 0.173. The molecule has 18 heteroatoms. The van der Waals surface area contributed by atoms with Crippen LogP contribution in [-0.4, -0.2) is 171 Å². The number of nitrogens with one attached hydrogen (secondary N) is 2. The van der Waals surface area contributed by atoms with Crippen molar-refractivity contribution in [2.45, 2.75) is 0 Å². The summed E-state index contributed by atoms with van der Waals surface area (Å²) in [6.45, 7) is 8.28. The second-order valence-electron chi connectivity index (χ2n) is 19.2. The number of carboxylic acids is 1. The SMILES string of the molecule is COCCOCCOCCOc1ccc(-c2c3nc(c(-c4ccc(OCCOCCOCCOC)cc4)c4ccc([nH]4)c(-c4ccc(C(=O)O)cc4)c4nc(c(-c5ccc(OCCOCCOCCOC)cc5)c5ccc2[nH]5)C=C4)C=C3)cc1. The third-order valence-corrected chi connectivity index (χ3v) is 13.5. The first-order valence-electron chi connectivity index (χ1n) is 28.0. The zero-order valence-corrected chi connectivity index (χ0v) is 47.7. The number of benzene rings is 4. The van der Waals surface area contributed by atoms with Gasteiger partial charge in [-0.25, -0.2) is 14.8 Å². The van der Waals surface area contributed by atoms with Crippen molar-refractivity contribution in [3.05, 3.63) is 150 Å². The van der Waals surface area contributed by atoms with Gasteiger partial charge >= 0.3 is 5.97 Å². The Morgan fingerprint density at radius 3 is 0.821 bits per heavy atom. The minimum atomic E-state index is -1.01. The van der Waals surface area contributed by atoms with Gasteiger partial charge in [-0.05, 0) is 119 Å². The maximum atomic E-state index is 12.1. The highest BCUT2D eigenvalue weighted by Crippen LogP contribution is 2.39. The maximum absolute atomic E-state index is 12.1. The topological polar surface area (TPSA) is 205 Å². The average Bonchev–Trinajstić information content (AvgIpc) is 4.38. The van der Waals surface area contributed by atoms with E-state index in [1.54, 1.807) is 33.5 Å². The molecule has 7 aromatic rings. The molecule has 3 N–H and O–H groups in total. The molecule has 4 aromatic carbocycles. The third kappa shape index (κ3) is 16.8. The summed E-state index contributed by atoms with van der Waals surface area (Å²) in [5.74, 6) is 1.06. The van der Waals surface area contributed by atoms with Crippen molar-refractivity contribution in [1.82, 2.24) is 19.9 Å². The number of ether oxygens (including phenoxy) is 12. The van der Waals surface area contributed by atoms with Crippen molar-refractivity contribution < 1.29 is 66.7 Å². The first-order chi connectivity index (χ1) is 41.4. The van der Waals surface area contributed by atoms with Crippen molar-refractivity contribution in [3.8, 4) is 61.8 Å². The predicted molar refractivity (Wildman–Crippen MR) is 325 cm³/mol.